The van der Waals surface area contributed by atoms with Crippen LogP contribution in [0.1, 0.15) is 47.3 Å². The molecular formula is C26H30N2O6. The number of nitrogens with one attached hydrogen (secondary N) is 1. The first-order valence-electron chi connectivity index (χ1n) is 11.7. The lowest BCUT2D eigenvalue weighted by molar-refractivity contribution is -0.137. The number of carbonyl (C=O) groups is 3. The number of hydrogen-bond donors (Lipinski definition) is 1. The van der Waals surface area contributed by atoms with Crippen molar-refractivity contribution >= 4 is 17.7 Å². The standard InChI is InChI=1S/C26H30N2O6/c1-18-20-8-5-9-22(24(20)26(31)28(18)21-10-11-23(29)27-25(21)30)34-17-16-33-15-14-32-13-12-19-6-3-2-4-7-19/h2-9,18,21H,10-17H2,1H3,(H,27,29,30). The molecule has 1 saturated heterocycles. The van der Waals surface area contributed by atoms with Gasteiger partial charge in [0, 0.05) is 6.42 Å². The quantitative estimate of drug-likeness (QED) is 0.404. The van der Waals surface area contributed by atoms with E-state index in [1.807, 2.05) is 37.3 Å². The summed E-state index contributed by atoms with van der Waals surface area (Å²) in [5.41, 5.74) is 2.54. The van der Waals surface area contributed by atoms with E-state index in [0.717, 1.165) is 12.0 Å². The lowest BCUT2D eigenvalue weighted by atomic mass is 10.0. The molecule has 1 fully saturated rings. The zero-order valence-corrected chi connectivity index (χ0v) is 19.3. The molecule has 2 atom stereocenters. The average molecular weight is 467 g/mol. The number of benzene rings is 2. The Hall–Kier alpha value is -3.23. The molecule has 2 aliphatic heterocycles. The largest absolute Gasteiger partial charge is 0.490 e. The van der Waals surface area contributed by atoms with Crippen molar-refractivity contribution in [2.24, 2.45) is 0 Å². The van der Waals surface area contributed by atoms with Gasteiger partial charge in [-0.25, -0.2) is 0 Å². The number of ether oxygens (including phenoxy) is 3. The molecule has 0 saturated carbocycles. The molecular weight excluding hydrogens is 436 g/mol. The fraction of sp³-hybridized carbons (Fsp3) is 0.423. The summed E-state index contributed by atoms with van der Waals surface area (Å²) < 4.78 is 17.1. The number of rotatable bonds is 11. The van der Waals surface area contributed by atoms with E-state index in [-0.39, 0.29) is 24.3 Å². The van der Waals surface area contributed by atoms with E-state index < -0.39 is 11.9 Å². The van der Waals surface area contributed by atoms with Crippen LogP contribution in [0.5, 0.6) is 5.75 Å². The van der Waals surface area contributed by atoms with Gasteiger partial charge in [-0.05, 0) is 37.0 Å². The normalized spacial score (nSPS) is 19.8. The summed E-state index contributed by atoms with van der Waals surface area (Å²) in [6.45, 7) is 4.16. The molecule has 3 amide bonds. The molecule has 180 valence electrons. The first-order chi connectivity index (χ1) is 16.6. The topological polar surface area (TPSA) is 94.2 Å². The third-order valence-corrected chi connectivity index (χ3v) is 6.16. The van der Waals surface area contributed by atoms with E-state index in [1.54, 1.807) is 11.0 Å². The third kappa shape index (κ3) is 5.46. The van der Waals surface area contributed by atoms with Gasteiger partial charge in [0.2, 0.25) is 11.8 Å². The van der Waals surface area contributed by atoms with Crippen LogP contribution in [0, 0.1) is 0 Å². The van der Waals surface area contributed by atoms with Gasteiger partial charge in [0.05, 0.1) is 38.0 Å². The van der Waals surface area contributed by atoms with Crippen LogP contribution in [0.15, 0.2) is 48.5 Å². The first-order valence-corrected chi connectivity index (χ1v) is 11.7. The van der Waals surface area contributed by atoms with Crippen LogP contribution in [0.2, 0.25) is 0 Å². The van der Waals surface area contributed by atoms with Gasteiger partial charge in [-0.2, -0.15) is 0 Å². The summed E-state index contributed by atoms with van der Waals surface area (Å²) in [5.74, 6) is -0.498. The zero-order chi connectivity index (χ0) is 23.9. The highest BCUT2D eigenvalue weighted by Gasteiger charge is 2.44. The number of hydrogen-bond acceptors (Lipinski definition) is 6. The van der Waals surface area contributed by atoms with Gasteiger partial charge in [0.15, 0.2) is 0 Å². The minimum absolute atomic E-state index is 0.222. The lowest BCUT2D eigenvalue weighted by Gasteiger charge is -2.32. The van der Waals surface area contributed by atoms with Gasteiger partial charge in [-0.15, -0.1) is 0 Å². The summed E-state index contributed by atoms with van der Waals surface area (Å²) in [4.78, 5) is 38.6. The highest BCUT2D eigenvalue weighted by Crippen LogP contribution is 2.40. The molecule has 1 N–H and O–H groups in total. The highest BCUT2D eigenvalue weighted by atomic mass is 16.5. The Balaban J connectivity index is 1.22. The van der Waals surface area contributed by atoms with Crippen LogP contribution in [0.4, 0.5) is 0 Å². The van der Waals surface area contributed by atoms with E-state index in [0.29, 0.717) is 50.8 Å². The van der Waals surface area contributed by atoms with Gasteiger partial charge >= 0.3 is 0 Å². The van der Waals surface area contributed by atoms with Crippen LogP contribution in [-0.2, 0) is 25.5 Å². The Morgan fingerprint density at radius 2 is 1.65 bits per heavy atom. The molecule has 2 aromatic carbocycles. The molecule has 2 heterocycles. The molecule has 34 heavy (non-hydrogen) atoms. The molecule has 0 aromatic heterocycles. The van der Waals surface area contributed by atoms with Crippen molar-refractivity contribution in [1.82, 2.24) is 10.2 Å². The van der Waals surface area contributed by atoms with Crippen molar-refractivity contribution in [3.8, 4) is 5.75 Å². The maximum atomic E-state index is 13.2. The fourth-order valence-electron chi connectivity index (χ4n) is 4.43. The van der Waals surface area contributed by atoms with Crippen molar-refractivity contribution < 1.29 is 28.6 Å². The Morgan fingerprint density at radius 1 is 0.912 bits per heavy atom. The van der Waals surface area contributed by atoms with Gasteiger partial charge in [0.1, 0.15) is 18.4 Å². The summed E-state index contributed by atoms with van der Waals surface area (Å²) in [6.07, 6.45) is 1.41. The van der Waals surface area contributed by atoms with E-state index in [1.165, 1.54) is 5.56 Å². The SMILES string of the molecule is CC1c2cccc(OCCOCCOCCc3ccccc3)c2C(=O)N1C1CCC(=O)NC1=O. The lowest BCUT2D eigenvalue weighted by Crippen LogP contribution is -2.53. The second kappa shape index (κ2) is 11.3. The summed E-state index contributed by atoms with van der Waals surface area (Å²) in [7, 11) is 0. The summed E-state index contributed by atoms with van der Waals surface area (Å²) in [6, 6.07) is 14.7. The van der Waals surface area contributed by atoms with Gasteiger partial charge in [-0.1, -0.05) is 42.5 Å². The highest BCUT2D eigenvalue weighted by molar-refractivity contribution is 6.07. The molecule has 8 nitrogen and oxygen atoms in total. The molecule has 4 rings (SSSR count). The third-order valence-electron chi connectivity index (χ3n) is 6.16. The van der Waals surface area contributed by atoms with Gasteiger partial charge in [-0.3, -0.25) is 19.7 Å². The number of imide groups is 1. The molecule has 0 radical (unpaired) electrons. The van der Waals surface area contributed by atoms with Crippen molar-refractivity contribution in [3.05, 3.63) is 65.2 Å². The van der Waals surface area contributed by atoms with Crippen molar-refractivity contribution in [2.45, 2.75) is 38.3 Å². The van der Waals surface area contributed by atoms with Crippen LogP contribution >= 0.6 is 0 Å². The van der Waals surface area contributed by atoms with Gasteiger partial charge < -0.3 is 19.1 Å². The minimum atomic E-state index is -0.661. The molecule has 8 heteroatoms. The summed E-state index contributed by atoms with van der Waals surface area (Å²) in [5, 5.41) is 2.33. The second-order valence-corrected chi connectivity index (χ2v) is 8.38. The Bertz CT molecular complexity index is 1030. The molecule has 0 bridgehead atoms. The maximum Gasteiger partial charge on any atom is 0.259 e. The van der Waals surface area contributed by atoms with E-state index in [2.05, 4.69) is 17.4 Å². The Kier molecular flexibility index (Phi) is 7.92. The second-order valence-electron chi connectivity index (χ2n) is 8.38. The molecule has 0 spiro atoms. The predicted octanol–water partition coefficient (Wildman–Crippen LogP) is 2.66. The Labute approximate surface area is 199 Å². The van der Waals surface area contributed by atoms with E-state index in [4.69, 9.17) is 14.2 Å². The smallest absolute Gasteiger partial charge is 0.259 e. The molecule has 2 unspecified atom stereocenters. The van der Waals surface area contributed by atoms with Crippen molar-refractivity contribution in [3.63, 3.8) is 0 Å². The fourth-order valence-corrected chi connectivity index (χ4v) is 4.43. The molecule has 2 aromatic rings. The minimum Gasteiger partial charge on any atom is -0.490 e. The monoisotopic (exact) mass is 466 g/mol. The number of nitrogens with zero attached hydrogens (tertiary/aromatic N) is 1. The van der Waals surface area contributed by atoms with Crippen LogP contribution in [0.25, 0.3) is 0 Å². The van der Waals surface area contributed by atoms with Crippen LogP contribution in [0.3, 0.4) is 0 Å². The first kappa shape index (κ1) is 23.9. The van der Waals surface area contributed by atoms with Crippen LogP contribution < -0.4 is 10.1 Å². The number of amides is 3. The average Bonchev–Trinajstić information content (AvgIpc) is 3.09. The summed E-state index contributed by atoms with van der Waals surface area (Å²) >= 11 is 0. The molecule has 2 aliphatic rings. The number of fused-ring (bicyclic) bond motifs is 1. The van der Waals surface area contributed by atoms with Gasteiger partial charge in [0.25, 0.3) is 5.91 Å². The van der Waals surface area contributed by atoms with E-state index in [9.17, 15) is 14.4 Å². The van der Waals surface area contributed by atoms with E-state index >= 15 is 0 Å². The molecule has 0 aliphatic carbocycles. The number of carbonyl (C=O) groups excluding carboxylic acids is 3. The zero-order valence-electron chi connectivity index (χ0n) is 19.3. The van der Waals surface area contributed by atoms with Crippen LogP contribution in [-0.4, -0.2) is 61.7 Å². The maximum absolute atomic E-state index is 13.2. The van der Waals surface area contributed by atoms with Crippen molar-refractivity contribution in [2.75, 3.05) is 33.0 Å². The van der Waals surface area contributed by atoms with Crippen molar-refractivity contribution in [1.29, 1.82) is 0 Å². The Morgan fingerprint density at radius 3 is 2.41 bits per heavy atom. The number of piperidine rings is 1. The predicted molar refractivity (Wildman–Crippen MR) is 124 cm³/mol.